The number of fused-ring (bicyclic) bond motifs is 12. The molecule has 1 atom stereocenters. The van der Waals surface area contributed by atoms with E-state index in [4.69, 9.17) is 6.58 Å². The molecule has 12 rings (SSSR count). The molecule has 59 heavy (non-hydrogen) atoms. The van der Waals surface area contributed by atoms with Gasteiger partial charge >= 0.3 is 0 Å². The van der Waals surface area contributed by atoms with Crippen molar-refractivity contribution in [3.8, 4) is 5.69 Å². The van der Waals surface area contributed by atoms with Crippen LogP contribution in [0.1, 0.15) is 53.6 Å². The van der Waals surface area contributed by atoms with Gasteiger partial charge in [-0.05, 0) is 117 Å². The number of allylic oxidation sites excluding steroid dienone is 5. The van der Waals surface area contributed by atoms with Gasteiger partial charge in [-0.25, -0.2) is 0 Å². The first-order valence-electron chi connectivity index (χ1n) is 21.1. The molecule has 3 aliphatic rings. The minimum Gasteiger partial charge on any atom is -0.310 e. The van der Waals surface area contributed by atoms with Gasteiger partial charge in [0.25, 0.3) is 0 Å². The lowest BCUT2D eigenvalue weighted by Gasteiger charge is -2.36. The summed E-state index contributed by atoms with van der Waals surface area (Å²) in [6.07, 6.45) is 11.8. The lowest BCUT2D eigenvalue weighted by atomic mass is 9.68. The average molecular weight is 757 g/mol. The van der Waals surface area contributed by atoms with E-state index in [1.807, 2.05) is 0 Å². The van der Waals surface area contributed by atoms with E-state index in [-0.39, 0.29) is 10.8 Å². The highest BCUT2D eigenvalue weighted by Gasteiger charge is 2.43. The highest BCUT2D eigenvalue weighted by molar-refractivity contribution is 6.16. The van der Waals surface area contributed by atoms with Crippen LogP contribution in [-0.4, -0.2) is 4.57 Å². The monoisotopic (exact) mass is 756 g/mol. The van der Waals surface area contributed by atoms with Crippen molar-refractivity contribution in [2.24, 2.45) is 0 Å². The summed E-state index contributed by atoms with van der Waals surface area (Å²) in [5.41, 5.74) is 16.2. The summed E-state index contributed by atoms with van der Waals surface area (Å²) in [6.45, 7) is 9.58. The molecule has 0 saturated carbocycles. The summed E-state index contributed by atoms with van der Waals surface area (Å²) in [6, 6.07) is 59.5. The second-order valence-electron chi connectivity index (χ2n) is 17.3. The summed E-state index contributed by atoms with van der Waals surface area (Å²) < 4.78 is 2.52. The molecule has 2 heteroatoms. The van der Waals surface area contributed by atoms with Gasteiger partial charge in [0, 0.05) is 38.4 Å². The second-order valence-corrected chi connectivity index (χ2v) is 17.3. The minimum absolute atomic E-state index is 0.123. The number of aromatic nitrogens is 1. The third-order valence-corrected chi connectivity index (χ3v) is 14.0. The molecule has 0 radical (unpaired) electrons. The van der Waals surface area contributed by atoms with Crippen LogP contribution < -0.4 is 4.90 Å². The van der Waals surface area contributed by atoms with Crippen LogP contribution in [0, 0.1) is 0 Å². The molecule has 8 aromatic carbocycles. The van der Waals surface area contributed by atoms with Crippen LogP contribution in [-0.2, 0) is 23.7 Å². The first kappa shape index (κ1) is 34.2. The van der Waals surface area contributed by atoms with E-state index in [0.29, 0.717) is 0 Å². The number of hydrogen-bond acceptors (Lipinski definition) is 1. The van der Waals surface area contributed by atoms with Gasteiger partial charge < -0.3 is 9.47 Å². The molecule has 0 bridgehead atoms. The van der Waals surface area contributed by atoms with Gasteiger partial charge in [0.15, 0.2) is 0 Å². The fourth-order valence-electron chi connectivity index (χ4n) is 11.2. The maximum atomic E-state index is 4.83. The molecule has 1 aromatic heterocycles. The van der Waals surface area contributed by atoms with Gasteiger partial charge in [0.1, 0.15) is 0 Å². The molecular formula is C57H44N2. The lowest BCUT2D eigenvalue weighted by Crippen LogP contribution is -2.28. The topological polar surface area (TPSA) is 8.17 Å². The molecule has 1 spiro atoms. The third-order valence-electron chi connectivity index (χ3n) is 14.0. The van der Waals surface area contributed by atoms with Crippen molar-refractivity contribution < 1.29 is 0 Å². The molecule has 0 amide bonds. The number of benzene rings is 8. The Labute approximate surface area is 345 Å². The number of rotatable bonds is 3. The molecular weight excluding hydrogens is 713 g/mol. The maximum Gasteiger partial charge on any atom is 0.0582 e. The van der Waals surface area contributed by atoms with Crippen LogP contribution in [0.3, 0.4) is 0 Å². The third kappa shape index (κ3) is 4.75. The van der Waals surface area contributed by atoms with Crippen molar-refractivity contribution >= 4 is 60.4 Å². The molecule has 9 aromatic rings. The SMILES string of the molecule is C=C1/C=C\C=C/Cc2ccc(N(c3ccc4c(c3)c3cccc5c3n4-c3ccccc3C5(C)C)c3cc4ccccc4c4ccccc34)cc2C12CCc1ccccc12. The Hall–Kier alpha value is -6.90. The van der Waals surface area contributed by atoms with Gasteiger partial charge in [-0.1, -0.05) is 160 Å². The molecule has 1 unspecified atom stereocenters. The Kier molecular flexibility index (Phi) is 7.27. The first-order chi connectivity index (χ1) is 28.9. The van der Waals surface area contributed by atoms with Crippen LogP contribution in [0.5, 0.6) is 0 Å². The second kappa shape index (κ2) is 12.5. The van der Waals surface area contributed by atoms with Gasteiger partial charge in [-0.2, -0.15) is 0 Å². The van der Waals surface area contributed by atoms with Gasteiger partial charge in [-0.3, -0.25) is 0 Å². The molecule has 1 aliphatic heterocycles. The molecule has 2 nitrogen and oxygen atoms in total. The Morgan fingerprint density at radius 1 is 0.559 bits per heavy atom. The molecule has 0 saturated heterocycles. The zero-order valence-electron chi connectivity index (χ0n) is 33.5. The summed E-state index contributed by atoms with van der Waals surface area (Å²) in [5, 5.41) is 7.52. The average Bonchev–Trinajstić information content (AvgIpc) is 3.84. The van der Waals surface area contributed by atoms with E-state index in [9.17, 15) is 0 Å². The van der Waals surface area contributed by atoms with Crippen LogP contribution in [0.2, 0.25) is 0 Å². The zero-order chi connectivity index (χ0) is 39.5. The first-order valence-corrected chi connectivity index (χ1v) is 21.1. The number of hydrogen-bond donors (Lipinski definition) is 0. The number of nitrogens with zero attached hydrogens (tertiary/aromatic N) is 2. The van der Waals surface area contributed by atoms with E-state index in [0.717, 1.165) is 36.2 Å². The summed E-state index contributed by atoms with van der Waals surface area (Å²) in [7, 11) is 0. The van der Waals surface area contributed by atoms with Crippen molar-refractivity contribution in [3.63, 3.8) is 0 Å². The fraction of sp³-hybridized carbons (Fsp3) is 0.123. The number of aryl methyl sites for hydroxylation is 1. The minimum atomic E-state index is -0.329. The molecule has 0 N–H and O–H groups in total. The number of para-hydroxylation sites is 2. The summed E-state index contributed by atoms with van der Waals surface area (Å²) >= 11 is 0. The van der Waals surface area contributed by atoms with E-state index >= 15 is 0 Å². The van der Waals surface area contributed by atoms with Crippen LogP contribution >= 0.6 is 0 Å². The summed E-state index contributed by atoms with van der Waals surface area (Å²) in [4.78, 5) is 2.54. The normalized spacial score (nSPS) is 18.6. The van der Waals surface area contributed by atoms with E-state index in [1.165, 1.54) is 88.1 Å². The van der Waals surface area contributed by atoms with Gasteiger partial charge in [0.05, 0.1) is 22.4 Å². The van der Waals surface area contributed by atoms with Crippen LogP contribution in [0.15, 0.2) is 194 Å². The number of anilines is 3. The Morgan fingerprint density at radius 2 is 1.27 bits per heavy atom. The maximum absolute atomic E-state index is 4.83. The molecule has 0 fully saturated rings. The van der Waals surface area contributed by atoms with Crippen molar-refractivity contribution in [3.05, 3.63) is 228 Å². The van der Waals surface area contributed by atoms with Crippen molar-refractivity contribution in [1.29, 1.82) is 0 Å². The Morgan fingerprint density at radius 3 is 2.17 bits per heavy atom. The van der Waals surface area contributed by atoms with Gasteiger partial charge in [-0.15, -0.1) is 0 Å². The zero-order valence-corrected chi connectivity index (χ0v) is 33.5. The van der Waals surface area contributed by atoms with Crippen molar-refractivity contribution in [2.75, 3.05) is 4.90 Å². The predicted octanol–water partition coefficient (Wildman–Crippen LogP) is 14.7. The molecule has 2 aliphatic carbocycles. The summed E-state index contributed by atoms with van der Waals surface area (Å²) in [5.74, 6) is 0. The van der Waals surface area contributed by atoms with E-state index in [2.05, 4.69) is 205 Å². The van der Waals surface area contributed by atoms with Gasteiger partial charge in [0.2, 0.25) is 0 Å². The van der Waals surface area contributed by atoms with E-state index in [1.54, 1.807) is 0 Å². The molecule has 282 valence electrons. The van der Waals surface area contributed by atoms with E-state index < -0.39 is 0 Å². The van der Waals surface area contributed by atoms with Crippen LogP contribution in [0.25, 0.3) is 49.0 Å². The predicted molar refractivity (Wildman–Crippen MR) is 249 cm³/mol. The standard InChI is InChI=1S/C57H44N2/c1-37-16-5-4-6-17-38-28-29-42(36-51(38)57(37)33-32-39-18-8-12-24-48(39)57)58(54-34-40-19-7-9-20-43(40)44-21-10-11-22-45(44)54)41-30-31-52-47(35-41)46-23-15-26-50-55(46)59(52)53-27-14-13-25-49(53)56(50,2)3/h4-16,18-31,34-36H,1,17,32-33H2,2-3H3/b6-4-,16-5-. The van der Waals surface area contributed by atoms with Crippen molar-refractivity contribution in [2.45, 2.75) is 43.9 Å². The smallest absolute Gasteiger partial charge is 0.0582 e. The quantitative estimate of drug-likeness (QED) is 0.163. The van der Waals surface area contributed by atoms with Crippen molar-refractivity contribution in [1.82, 2.24) is 4.57 Å². The van der Waals surface area contributed by atoms with Crippen LogP contribution in [0.4, 0.5) is 17.1 Å². The highest BCUT2D eigenvalue weighted by atomic mass is 15.1. The Bertz CT molecular complexity index is 3310. The fourth-order valence-corrected chi connectivity index (χ4v) is 11.2. The molecule has 2 heterocycles. The largest absolute Gasteiger partial charge is 0.310 e. The lowest BCUT2D eigenvalue weighted by molar-refractivity contribution is 0.606. The Balaban J connectivity index is 1.17. The highest BCUT2D eigenvalue weighted by Crippen LogP contribution is 2.53.